The normalized spacial score (nSPS) is 12.8. The van der Waals surface area contributed by atoms with E-state index in [1.54, 1.807) is 6.92 Å². The Morgan fingerprint density at radius 2 is 1.95 bits per heavy atom. The molecule has 0 aliphatic heterocycles. The lowest BCUT2D eigenvalue weighted by atomic mass is 10.3. The predicted molar refractivity (Wildman–Crippen MR) is 81.8 cm³/mol. The molecule has 1 unspecified atom stereocenters. The van der Waals surface area contributed by atoms with Gasteiger partial charge in [0.05, 0.1) is 0 Å². The molecule has 1 aromatic carbocycles. The Balaban J connectivity index is 2.26. The van der Waals surface area contributed by atoms with E-state index in [-0.39, 0.29) is 10.7 Å². The monoisotopic (exact) mass is 281 g/mol. The van der Waals surface area contributed by atoms with Gasteiger partial charge in [-0.2, -0.15) is 11.8 Å². The fourth-order valence-corrected chi connectivity index (χ4v) is 2.25. The van der Waals surface area contributed by atoms with E-state index in [0.29, 0.717) is 12.3 Å². The minimum Gasteiger partial charge on any atom is -0.481 e. The van der Waals surface area contributed by atoms with Crippen LogP contribution in [0, 0.1) is 0 Å². The van der Waals surface area contributed by atoms with Gasteiger partial charge in [0.1, 0.15) is 5.75 Å². The Morgan fingerprint density at radius 3 is 2.53 bits per heavy atom. The number of carbonyl (C=O) groups excluding carboxylic acids is 1. The standard InChI is InChI=1S/C15H23NO2S/c1-12(18-13-8-6-5-7-9-13)14(17)16-10-11-19-15(2,3)4/h5-9,12H,10-11H2,1-4H3,(H,16,17). The van der Waals surface area contributed by atoms with Crippen LogP contribution in [0.15, 0.2) is 30.3 Å². The van der Waals surface area contributed by atoms with E-state index < -0.39 is 6.10 Å². The molecule has 1 aromatic rings. The van der Waals surface area contributed by atoms with Crippen molar-refractivity contribution in [3.63, 3.8) is 0 Å². The van der Waals surface area contributed by atoms with E-state index in [4.69, 9.17) is 4.74 Å². The summed E-state index contributed by atoms with van der Waals surface area (Å²) in [7, 11) is 0. The van der Waals surface area contributed by atoms with Crippen LogP contribution in [0.5, 0.6) is 5.75 Å². The number of thioether (sulfide) groups is 1. The molecular formula is C15H23NO2S. The summed E-state index contributed by atoms with van der Waals surface area (Å²) in [5.74, 6) is 1.56. The van der Waals surface area contributed by atoms with Crippen LogP contribution < -0.4 is 10.1 Å². The molecule has 1 amide bonds. The number of hydrogen-bond donors (Lipinski definition) is 1. The van der Waals surface area contributed by atoms with Gasteiger partial charge in [-0.25, -0.2) is 0 Å². The first kappa shape index (κ1) is 15.9. The molecule has 3 nitrogen and oxygen atoms in total. The number of carbonyl (C=O) groups is 1. The van der Waals surface area contributed by atoms with Crippen LogP contribution in [-0.2, 0) is 4.79 Å². The lowest BCUT2D eigenvalue weighted by molar-refractivity contribution is -0.127. The first-order valence-corrected chi connectivity index (χ1v) is 7.50. The molecule has 1 rings (SSSR count). The first-order valence-electron chi connectivity index (χ1n) is 6.52. The Hall–Kier alpha value is -1.16. The Bertz CT molecular complexity index is 387. The molecular weight excluding hydrogens is 258 g/mol. The highest BCUT2D eigenvalue weighted by atomic mass is 32.2. The van der Waals surface area contributed by atoms with E-state index in [2.05, 4.69) is 26.1 Å². The summed E-state index contributed by atoms with van der Waals surface area (Å²) in [5.41, 5.74) is 0. The van der Waals surface area contributed by atoms with Crippen molar-refractivity contribution in [1.82, 2.24) is 5.32 Å². The molecule has 0 heterocycles. The molecule has 4 heteroatoms. The highest BCUT2D eigenvalue weighted by Gasteiger charge is 2.15. The minimum absolute atomic E-state index is 0.0710. The zero-order valence-electron chi connectivity index (χ0n) is 12.1. The Labute approximate surface area is 120 Å². The summed E-state index contributed by atoms with van der Waals surface area (Å²) in [4.78, 5) is 11.8. The first-order chi connectivity index (χ1) is 8.88. The number of rotatable bonds is 6. The quantitative estimate of drug-likeness (QED) is 0.814. The van der Waals surface area contributed by atoms with Crippen LogP contribution in [0.2, 0.25) is 0 Å². The van der Waals surface area contributed by atoms with E-state index in [1.165, 1.54) is 0 Å². The van der Waals surface area contributed by atoms with E-state index in [9.17, 15) is 4.79 Å². The number of ether oxygens (including phenoxy) is 1. The summed E-state index contributed by atoms with van der Waals surface area (Å²) >= 11 is 1.84. The van der Waals surface area contributed by atoms with Crippen molar-refractivity contribution in [1.29, 1.82) is 0 Å². The van der Waals surface area contributed by atoms with E-state index in [0.717, 1.165) is 5.75 Å². The maximum atomic E-state index is 11.8. The fourth-order valence-electron chi connectivity index (χ4n) is 1.43. The third-order valence-electron chi connectivity index (χ3n) is 2.36. The van der Waals surface area contributed by atoms with Gasteiger partial charge in [0.25, 0.3) is 5.91 Å². The zero-order chi connectivity index (χ0) is 14.3. The second-order valence-corrected chi connectivity index (χ2v) is 7.25. The topological polar surface area (TPSA) is 38.3 Å². The maximum absolute atomic E-state index is 11.8. The van der Waals surface area contributed by atoms with Gasteiger partial charge in [-0.3, -0.25) is 4.79 Å². The average Bonchev–Trinajstić information content (AvgIpc) is 2.34. The van der Waals surface area contributed by atoms with Gasteiger partial charge in [0.15, 0.2) is 6.10 Å². The number of benzene rings is 1. The van der Waals surface area contributed by atoms with Crippen molar-refractivity contribution in [2.24, 2.45) is 0 Å². The van der Waals surface area contributed by atoms with Crippen LogP contribution >= 0.6 is 11.8 Å². The molecule has 0 fully saturated rings. The Morgan fingerprint density at radius 1 is 1.32 bits per heavy atom. The Kier molecular flexibility index (Phi) is 6.22. The van der Waals surface area contributed by atoms with Gasteiger partial charge in [-0.05, 0) is 19.1 Å². The molecule has 0 radical (unpaired) electrons. The van der Waals surface area contributed by atoms with Gasteiger partial charge < -0.3 is 10.1 Å². The fraction of sp³-hybridized carbons (Fsp3) is 0.533. The molecule has 0 aliphatic rings. The number of nitrogens with one attached hydrogen (secondary N) is 1. The average molecular weight is 281 g/mol. The van der Waals surface area contributed by atoms with Crippen LogP contribution in [-0.4, -0.2) is 29.1 Å². The lowest BCUT2D eigenvalue weighted by Gasteiger charge is -2.18. The SMILES string of the molecule is CC(Oc1ccccc1)C(=O)NCCSC(C)(C)C. The van der Waals surface area contributed by atoms with Crippen molar-refractivity contribution in [2.75, 3.05) is 12.3 Å². The molecule has 0 bridgehead atoms. The summed E-state index contributed by atoms with van der Waals surface area (Å²) in [6, 6.07) is 9.39. The third kappa shape index (κ3) is 7.11. The summed E-state index contributed by atoms with van der Waals surface area (Å²) in [5, 5.41) is 2.89. The number of amides is 1. The predicted octanol–water partition coefficient (Wildman–Crippen LogP) is 3.10. The summed E-state index contributed by atoms with van der Waals surface area (Å²) < 4.78 is 5.79. The third-order valence-corrected chi connectivity index (χ3v) is 3.64. The zero-order valence-corrected chi connectivity index (χ0v) is 12.9. The van der Waals surface area contributed by atoms with Gasteiger partial charge in [0, 0.05) is 17.0 Å². The minimum atomic E-state index is -0.470. The van der Waals surface area contributed by atoms with Crippen molar-refractivity contribution in [3.05, 3.63) is 30.3 Å². The van der Waals surface area contributed by atoms with Gasteiger partial charge >= 0.3 is 0 Å². The number of hydrogen-bond acceptors (Lipinski definition) is 3. The molecule has 0 aliphatic carbocycles. The second-order valence-electron chi connectivity index (χ2n) is 5.32. The lowest BCUT2D eigenvalue weighted by Crippen LogP contribution is -2.37. The molecule has 1 N–H and O–H groups in total. The maximum Gasteiger partial charge on any atom is 0.260 e. The molecule has 19 heavy (non-hydrogen) atoms. The van der Waals surface area contributed by atoms with Crippen LogP contribution in [0.3, 0.4) is 0 Å². The summed E-state index contributed by atoms with van der Waals surface area (Å²) in [6.07, 6.45) is -0.470. The smallest absolute Gasteiger partial charge is 0.260 e. The van der Waals surface area contributed by atoms with Crippen molar-refractivity contribution in [2.45, 2.75) is 38.5 Å². The molecule has 0 saturated heterocycles. The summed E-state index contributed by atoms with van der Waals surface area (Å²) in [6.45, 7) is 8.93. The van der Waals surface area contributed by atoms with Crippen LogP contribution in [0.25, 0.3) is 0 Å². The molecule has 0 aromatic heterocycles. The van der Waals surface area contributed by atoms with Crippen molar-refractivity contribution < 1.29 is 9.53 Å². The highest BCUT2D eigenvalue weighted by molar-refractivity contribution is 8.00. The highest BCUT2D eigenvalue weighted by Crippen LogP contribution is 2.22. The van der Waals surface area contributed by atoms with Gasteiger partial charge in [-0.15, -0.1) is 0 Å². The van der Waals surface area contributed by atoms with Crippen LogP contribution in [0.4, 0.5) is 0 Å². The molecule has 106 valence electrons. The van der Waals surface area contributed by atoms with E-state index >= 15 is 0 Å². The number of para-hydroxylation sites is 1. The molecule has 0 spiro atoms. The largest absolute Gasteiger partial charge is 0.481 e. The molecule has 0 saturated carbocycles. The van der Waals surface area contributed by atoms with Gasteiger partial charge in [-0.1, -0.05) is 39.0 Å². The van der Waals surface area contributed by atoms with Gasteiger partial charge in [0.2, 0.25) is 0 Å². The van der Waals surface area contributed by atoms with Crippen molar-refractivity contribution in [3.8, 4) is 5.75 Å². The van der Waals surface area contributed by atoms with Crippen molar-refractivity contribution >= 4 is 17.7 Å². The molecule has 1 atom stereocenters. The van der Waals surface area contributed by atoms with Crippen LogP contribution in [0.1, 0.15) is 27.7 Å². The second kappa shape index (κ2) is 7.43. The van der Waals surface area contributed by atoms with E-state index in [1.807, 2.05) is 42.1 Å².